The number of hydrogen-bond acceptors (Lipinski definition) is 3. The van der Waals surface area contributed by atoms with Crippen LogP contribution in [0.1, 0.15) is 5.56 Å². The zero-order chi connectivity index (χ0) is 8.97. The fourth-order valence-corrected chi connectivity index (χ4v) is 0.948. The highest BCUT2D eigenvalue weighted by Gasteiger charge is 2.00. The molecule has 0 fully saturated rings. The summed E-state index contributed by atoms with van der Waals surface area (Å²) in [4.78, 5) is 0. The van der Waals surface area contributed by atoms with Gasteiger partial charge < -0.3 is 15.6 Å². The molecule has 1 aromatic rings. The molecule has 1 aromatic carbocycles. The number of phenolic OH excluding ortho intramolecular Hbond substituents is 1. The van der Waals surface area contributed by atoms with Gasteiger partial charge in [-0.05, 0) is 17.7 Å². The van der Waals surface area contributed by atoms with E-state index < -0.39 is 0 Å². The molecule has 3 N–H and O–H groups in total. The van der Waals surface area contributed by atoms with E-state index in [0.29, 0.717) is 6.42 Å². The molecule has 12 heavy (non-hydrogen) atoms. The molecule has 0 saturated carbocycles. The quantitative estimate of drug-likeness (QED) is 0.657. The monoisotopic (exact) mass is 167 g/mol. The van der Waals surface area contributed by atoms with Crippen molar-refractivity contribution in [2.75, 3.05) is 7.11 Å². The van der Waals surface area contributed by atoms with E-state index in [1.165, 1.54) is 0 Å². The molecule has 1 atom stereocenters. The summed E-state index contributed by atoms with van der Waals surface area (Å²) in [7, 11) is 1.57. The normalized spacial score (nSPS) is 12.8. The highest BCUT2D eigenvalue weighted by molar-refractivity contribution is 5.26. The third-order valence-corrected chi connectivity index (χ3v) is 1.68. The Morgan fingerprint density at radius 2 is 2.00 bits per heavy atom. The number of nitrogens with two attached hydrogens (primary N) is 1. The van der Waals surface area contributed by atoms with Crippen molar-refractivity contribution >= 4 is 0 Å². The minimum absolute atomic E-state index is 0.268. The van der Waals surface area contributed by atoms with Crippen LogP contribution >= 0.6 is 0 Å². The Morgan fingerprint density at radius 1 is 1.42 bits per heavy atom. The van der Waals surface area contributed by atoms with Crippen LogP contribution in [0.4, 0.5) is 0 Å². The number of methoxy groups -OCH3 is 1. The molecule has 0 heterocycles. The standard InChI is InChI=1S/C9H13NO2/c1-12-9(10)6-7-2-4-8(11)5-3-7/h2-5,9,11H,6,10H2,1H3. The van der Waals surface area contributed by atoms with Gasteiger partial charge >= 0.3 is 0 Å². The topological polar surface area (TPSA) is 55.5 Å². The lowest BCUT2D eigenvalue weighted by Gasteiger charge is -2.08. The molecular weight excluding hydrogens is 154 g/mol. The summed E-state index contributed by atoms with van der Waals surface area (Å²) in [5, 5.41) is 8.99. The average molecular weight is 167 g/mol. The smallest absolute Gasteiger partial charge is 0.115 e. The molecule has 0 radical (unpaired) electrons. The van der Waals surface area contributed by atoms with Gasteiger partial charge in [0.2, 0.25) is 0 Å². The summed E-state index contributed by atoms with van der Waals surface area (Å²) in [5.74, 6) is 0.268. The number of rotatable bonds is 3. The summed E-state index contributed by atoms with van der Waals surface area (Å²) >= 11 is 0. The van der Waals surface area contributed by atoms with Crippen molar-refractivity contribution in [3.05, 3.63) is 29.8 Å². The van der Waals surface area contributed by atoms with Crippen molar-refractivity contribution in [1.82, 2.24) is 0 Å². The van der Waals surface area contributed by atoms with Crippen molar-refractivity contribution in [2.45, 2.75) is 12.6 Å². The van der Waals surface area contributed by atoms with Crippen LogP contribution in [0.5, 0.6) is 5.75 Å². The molecule has 3 heteroatoms. The SMILES string of the molecule is COC(N)Cc1ccc(O)cc1. The molecule has 0 amide bonds. The third kappa shape index (κ3) is 2.53. The van der Waals surface area contributed by atoms with E-state index in [4.69, 9.17) is 15.6 Å². The van der Waals surface area contributed by atoms with Crippen molar-refractivity contribution in [1.29, 1.82) is 0 Å². The summed E-state index contributed by atoms with van der Waals surface area (Å²) < 4.78 is 4.90. The van der Waals surface area contributed by atoms with Crippen LogP contribution in [0.3, 0.4) is 0 Å². The molecule has 0 aromatic heterocycles. The van der Waals surface area contributed by atoms with Crippen LogP contribution in [0.25, 0.3) is 0 Å². The second kappa shape index (κ2) is 4.09. The van der Waals surface area contributed by atoms with Gasteiger partial charge in [0.1, 0.15) is 12.0 Å². The maximum Gasteiger partial charge on any atom is 0.115 e. The molecule has 66 valence electrons. The molecule has 1 rings (SSSR count). The van der Waals surface area contributed by atoms with Crippen LogP contribution in [0.15, 0.2) is 24.3 Å². The molecule has 0 spiro atoms. The minimum atomic E-state index is -0.269. The number of phenols is 1. The molecule has 1 unspecified atom stereocenters. The summed E-state index contributed by atoms with van der Waals surface area (Å²) in [6, 6.07) is 6.93. The highest BCUT2D eigenvalue weighted by Crippen LogP contribution is 2.10. The summed E-state index contributed by atoms with van der Waals surface area (Å²) in [6.45, 7) is 0. The van der Waals surface area contributed by atoms with Crippen LogP contribution < -0.4 is 5.73 Å². The Morgan fingerprint density at radius 3 is 2.50 bits per heavy atom. The second-order valence-corrected chi connectivity index (χ2v) is 2.64. The van der Waals surface area contributed by atoms with Gasteiger partial charge in [-0.2, -0.15) is 0 Å². The van der Waals surface area contributed by atoms with Crippen LogP contribution in [0.2, 0.25) is 0 Å². The van der Waals surface area contributed by atoms with E-state index in [1.807, 2.05) is 12.1 Å². The maximum atomic E-state index is 8.99. The first kappa shape index (κ1) is 9.03. The van der Waals surface area contributed by atoms with Crippen LogP contribution in [0, 0.1) is 0 Å². The highest BCUT2D eigenvalue weighted by atomic mass is 16.5. The van der Waals surface area contributed by atoms with Gasteiger partial charge in [-0.15, -0.1) is 0 Å². The Bertz CT molecular complexity index is 233. The third-order valence-electron chi connectivity index (χ3n) is 1.68. The molecule has 0 bridgehead atoms. The van der Waals surface area contributed by atoms with E-state index in [2.05, 4.69) is 0 Å². The molecule has 0 aliphatic heterocycles. The van der Waals surface area contributed by atoms with Gasteiger partial charge in [-0.25, -0.2) is 0 Å². The van der Waals surface area contributed by atoms with Crippen LogP contribution in [-0.4, -0.2) is 18.4 Å². The van der Waals surface area contributed by atoms with Gasteiger partial charge in [0.05, 0.1) is 0 Å². The van der Waals surface area contributed by atoms with E-state index in [1.54, 1.807) is 19.2 Å². The van der Waals surface area contributed by atoms with Crippen molar-refractivity contribution in [3.63, 3.8) is 0 Å². The van der Waals surface area contributed by atoms with E-state index >= 15 is 0 Å². The molecule has 0 aliphatic carbocycles. The van der Waals surface area contributed by atoms with E-state index in [0.717, 1.165) is 5.56 Å². The van der Waals surface area contributed by atoms with Crippen molar-refractivity contribution in [2.24, 2.45) is 5.73 Å². The number of benzene rings is 1. The van der Waals surface area contributed by atoms with Gasteiger partial charge in [0.25, 0.3) is 0 Å². The lowest BCUT2D eigenvalue weighted by atomic mass is 10.1. The lowest BCUT2D eigenvalue weighted by Crippen LogP contribution is -2.24. The fourth-order valence-electron chi connectivity index (χ4n) is 0.948. The predicted molar refractivity (Wildman–Crippen MR) is 46.8 cm³/mol. The molecule has 0 aliphatic rings. The van der Waals surface area contributed by atoms with Crippen molar-refractivity contribution < 1.29 is 9.84 Å². The second-order valence-electron chi connectivity index (χ2n) is 2.64. The predicted octanol–water partition coefficient (Wildman–Crippen LogP) is 0.866. The Balaban J connectivity index is 2.58. The summed E-state index contributed by atoms with van der Waals surface area (Å²) in [5.41, 5.74) is 6.62. The first-order valence-corrected chi connectivity index (χ1v) is 3.78. The van der Waals surface area contributed by atoms with Gasteiger partial charge in [-0.3, -0.25) is 0 Å². The average Bonchev–Trinajstić information content (AvgIpc) is 2.09. The Kier molecular flexibility index (Phi) is 3.08. The minimum Gasteiger partial charge on any atom is -0.508 e. The van der Waals surface area contributed by atoms with Crippen molar-refractivity contribution in [3.8, 4) is 5.75 Å². The fraction of sp³-hybridized carbons (Fsp3) is 0.333. The van der Waals surface area contributed by atoms with E-state index in [9.17, 15) is 0 Å². The van der Waals surface area contributed by atoms with E-state index in [-0.39, 0.29) is 12.0 Å². The largest absolute Gasteiger partial charge is 0.508 e. The number of hydrogen-bond donors (Lipinski definition) is 2. The number of ether oxygens (including phenoxy) is 1. The number of aromatic hydroxyl groups is 1. The van der Waals surface area contributed by atoms with Gasteiger partial charge in [0.15, 0.2) is 0 Å². The first-order chi connectivity index (χ1) is 5.72. The Labute approximate surface area is 71.8 Å². The zero-order valence-corrected chi connectivity index (χ0v) is 7.03. The molecule has 3 nitrogen and oxygen atoms in total. The lowest BCUT2D eigenvalue weighted by molar-refractivity contribution is 0.109. The summed E-state index contributed by atoms with van der Waals surface area (Å²) in [6.07, 6.45) is 0.395. The molecular formula is C9H13NO2. The van der Waals surface area contributed by atoms with Gasteiger partial charge in [-0.1, -0.05) is 12.1 Å². The maximum absolute atomic E-state index is 8.99. The van der Waals surface area contributed by atoms with Gasteiger partial charge in [0, 0.05) is 13.5 Å². The van der Waals surface area contributed by atoms with Crippen LogP contribution in [-0.2, 0) is 11.2 Å². The Hall–Kier alpha value is -1.06. The zero-order valence-electron chi connectivity index (χ0n) is 7.03. The molecule has 0 saturated heterocycles. The first-order valence-electron chi connectivity index (χ1n) is 3.78.